The number of halogens is 2. The van der Waals surface area contributed by atoms with Gasteiger partial charge in [-0.2, -0.15) is 0 Å². The molecule has 0 aromatic heterocycles. The van der Waals surface area contributed by atoms with Gasteiger partial charge in [-0.15, -0.1) is 24.0 Å². The van der Waals surface area contributed by atoms with Crippen LogP contribution < -0.4 is 10.6 Å². The Bertz CT molecular complexity index is 629. The lowest BCUT2D eigenvalue weighted by Crippen LogP contribution is -2.36. The highest BCUT2D eigenvalue weighted by Gasteiger charge is 2.02. The predicted octanol–water partition coefficient (Wildman–Crippen LogP) is 3.62. The summed E-state index contributed by atoms with van der Waals surface area (Å²) >= 11 is 0. The molecule has 0 aliphatic heterocycles. The molecule has 0 bridgehead atoms. The van der Waals surface area contributed by atoms with Gasteiger partial charge in [0.15, 0.2) is 5.96 Å². The van der Waals surface area contributed by atoms with Gasteiger partial charge >= 0.3 is 0 Å². The van der Waals surface area contributed by atoms with Crippen LogP contribution in [0.1, 0.15) is 16.7 Å². The minimum absolute atomic E-state index is 0. The minimum Gasteiger partial charge on any atom is -0.352 e. The maximum absolute atomic E-state index is 13.5. The fourth-order valence-electron chi connectivity index (χ4n) is 2.05. The van der Waals surface area contributed by atoms with Gasteiger partial charge in [0.05, 0.1) is 0 Å². The molecule has 3 nitrogen and oxygen atoms in total. The first-order valence-corrected chi connectivity index (χ1v) is 6.92. The molecule has 2 aromatic rings. The van der Waals surface area contributed by atoms with E-state index in [1.54, 1.807) is 19.2 Å². The number of hydrogen-bond acceptors (Lipinski definition) is 1. The van der Waals surface area contributed by atoms with E-state index in [1.165, 1.54) is 17.2 Å². The topological polar surface area (TPSA) is 36.4 Å². The van der Waals surface area contributed by atoms with Crippen molar-refractivity contribution in [2.45, 2.75) is 20.0 Å². The van der Waals surface area contributed by atoms with Gasteiger partial charge in [0.1, 0.15) is 5.82 Å². The molecule has 2 aromatic carbocycles. The van der Waals surface area contributed by atoms with Crippen molar-refractivity contribution in [1.82, 2.24) is 10.6 Å². The summed E-state index contributed by atoms with van der Waals surface area (Å²) in [4.78, 5) is 4.14. The van der Waals surface area contributed by atoms with E-state index in [2.05, 4.69) is 40.7 Å². The zero-order valence-electron chi connectivity index (χ0n) is 12.8. The second-order valence-electron chi connectivity index (χ2n) is 4.86. The molecule has 0 aliphatic rings. The Hall–Kier alpha value is -1.63. The SMILES string of the molecule is CN=C(NCc1cccc(C)c1)NCc1ccccc1F.I. The Morgan fingerprint density at radius 3 is 2.45 bits per heavy atom. The molecular weight excluding hydrogens is 392 g/mol. The van der Waals surface area contributed by atoms with E-state index in [0.717, 1.165) is 0 Å². The predicted molar refractivity (Wildman–Crippen MR) is 100 cm³/mol. The number of nitrogens with one attached hydrogen (secondary N) is 2. The van der Waals surface area contributed by atoms with Crippen LogP contribution in [0.3, 0.4) is 0 Å². The van der Waals surface area contributed by atoms with Crippen LogP contribution in [0, 0.1) is 12.7 Å². The molecule has 0 amide bonds. The van der Waals surface area contributed by atoms with Crippen molar-refractivity contribution in [1.29, 1.82) is 0 Å². The highest BCUT2D eigenvalue weighted by molar-refractivity contribution is 14.0. The van der Waals surface area contributed by atoms with Crippen LogP contribution >= 0.6 is 24.0 Å². The molecule has 0 atom stereocenters. The summed E-state index contributed by atoms with van der Waals surface area (Å²) in [6.07, 6.45) is 0. The number of aliphatic imine (C=N–C) groups is 1. The first-order valence-electron chi connectivity index (χ1n) is 6.92. The fourth-order valence-corrected chi connectivity index (χ4v) is 2.05. The van der Waals surface area contributed by atoms with Gasteiger partial charge in [0, 0.05) is 25.7 Å². The first kappa shape index (κ1) is 18.4. The maximum Gasteiger partial charge on any atom is 0.191 e. The Balaban J connectivity index is 0.00000242. The average Bonchev–Trinajstić information content (AvgIpc) is 2.49. The molecule has 2 rings (SSSR count). The largest absolute Gasteiger partial charge is 0.352 e. The third-order valence-corrected chi connectivity index (χ3v) is 3.17. The highest BCUT2D eigenvalue weighted by Crippen LogP contribution is 2.06. The number of rotatable bonds is 4. The lowest BCUT2D eigenvalue weighted by atomic mass is 10.1. The van der Waals surface area contributed by atoms with Crippen molar-refractivity contribution < 1.29 is 4.39 Å². The number of guanidine groups is 1. The molecule has 2 N–H and O–H groups in total. The van der Waals surface area contributed by atoms with Crippen molar-refractivity contribution in [3.8, 4) is 0 Å². The maximum atomic E-state index is 13.5. The van der Waals surface area contributed by atoms with Gasteiger partial charge in [-0.1, -0.05) is 48.0 Å². The first-order chi connectivity index (χ1) is 10.2. The van der Waals surface area contributed by atoms with Crippen molar-refractivity contribution in [2.24, 2.45) is 4.99 Å². The molecule has 0 radical (unpaired) electrons. The highest BCUT2D eigenvalue weighted by atomic mass is 127. The van der Waals surface area contributed by atoms with E-state index in [0.29, 0.717) is 24.6 Å². The monoisotopic (exact) mass is 413 g/mol. The van der Waals surface area contributed by atoms with Gasteiger partial charge < -0.3 is 10.6 Å². The second kappa shape index (κ2) is 9.40. The number of nitrogens with zero attached hydrogens (tertiary/aromatic N) is 1. The molecule has 0 aliphatic carbocycles. The Labute approximate surface area is 148 Å². The van der Waals surface area contributed by atoms with Crippen LogP contribution in [0.4, 0.5) is 4.39 Å². The summed E-state index contributed by atoms with van der Waals surface area (Å²) in [7, 11) is 1.70. The van der Waals surface area contributed by atoms with E-state index in [-0.39, 0.29) is 29.8 Å². The van der Waals surface area contributed by atoms with Crippen LogP contribution in [-0.4, -0.2) is 13.0 Å². The molecule has 5 heteroatoms. The summed E-state index contributed by atoms with van der Waals surface area (Å²) in [5.74, 6) is 0.443. The van der Waals surface area contributed by atoms with Crippen LogP contribution in [0.15, 0.2) is 53.5 Å². The number of aryl methyl sites for hydroxylation is 1. The Morgan fingerprint density at radius 2 is 1.77 bits per heavy atom. The zero-order valence-corrected chi connectivity index (χ0v) is 15.1. The van der Waals surface area contributed by atoms with Crippen molar-refractivity contribution in [3.05, 3.63) is 71.0 Å². The third kappa shape index (κ3) is 5.63. The van der Waals surface area contributed by atoms with Gasteiger partial charge in [0.25, 0.3) is 0 Å². The molecule has 0 unspecified atom stereocenters. The van der Waals surface area contributed by atoms with Gasteiger partial charge in [-0.05, 0) is 18.6 Å². The fraction of sp³-hybridized carbons (Fsp3) is 0.235. The summed E-state index contributed by atoms with van der Waals surface area (Å²) in [5, 5.41) is 6.33. The molecular formula is C17H21FIN3. The van der Waals surface area contributed by atoms with Gasteiger partial charge in [-0.25, -0.2) is 4.39 Å². The Morgan fingerprint density at radius 1 is 1.05 bits per heavy atom. The number of hydrogen-bond donors (Lipinski definition) is 2. The smallest absolute Gasteiger partial charge is 0.191 e. The van der Waals surface area contributed by atoms with E-state index < -0.39 is 0 Å². The van der Waals surface area contributed by atoms with Crippen LogP contribution in [0.2, 0.25) is 0 Å². The average molecular weight is 413 g/mol. The van der Waals surface area contributed by atoms with Crippen molar-refractivity contribution in [2.75, 3.05) is 7.05 Å². The van der Waals surface area contributed by atoms with E-state index >= 15 is 0 Å². The third-order valence-electron chi connectivity index (χ3n) is 3.17. The summed E-state index contributed by atoms with van der Waals surface area (Å²) in [5.41, 5.74) is 3.03. The lowest BCUT2D eigenvalue weighted by Gasteiger charge is -2.12. The lowest BCUT2D eigenvalue weighted by molar-refractivity contribution is 0.604. The van der Waals surface area contributed by atoms with Crippen molar-refractivity contribution in [3.63, 3.8) is 0 Å². The van der Waals surface area contributed by atoms with Crippen molar-refractivity contribution >= 4 is 29.9 Å². The molecule has 0 saturated heterocycles. The molecule has 0 spiro atoms. The molecule has 0 saturated carbocycles. The quantitative estimate of drug-likeness (QED) is 0.457. The summed E-state index contributed by atoms with van der Waals surface area (Å²) in [6, 6.07) is 15.0. The van der Waals surface area contributed by atoms with Gasteiger partial charge in [-0.3, -0.25) is 4.99 Å². The summed E-state index contributed by atoms with van der Waals surface area (Å²) < 4.78 is 13.5. The molecule has 0 fully saturated rings. The van der Waals surface area contributed by atoms with E-state index in [4.69, 9.17) is 0 Å². The molecule has 0 heterocycles. The van der Waals surface area contributed by atoms with Gasteiger partial charge in [0.2, 0.25) is 0 Å². The molecule has 118 valence electrons. The van der Waals surface area contributed by atoms with E-state index in [1.807, 2.05) is 12.1 Å². The summed E-state index contributed by atoms with van der Waals surface area (Å²) in [6.45, 7) is 3.15. The molecule has 22 heavy (non-hydrogen) atoms. The number of benzene rings is 2. The van der Waals surface area contributed by atoms with E-state index in [9.17, 15) is 4.39 Å². The second-order valence-corrected chi connectivity index (χ2v) is 4.86. The van der Waals surface area contributed by atoms with Crippen LogP contribution in [0.25, 0.3) is 0 Å². The Kier molecular flexibility index (Phi) is 7.87. The normalized spacial score (nSPS) is 10.8. The van der Waals surface area contributed by atoms with Crippen LogP contribution in [-0.2, 0) is 13.1 Å². The minimum atomic E-state index is -0.209. The standard InChI is InChI=1S/C17H20FN3.HI/c1-13-6-5-7-14(10-13)11-20-17(19-2)21-12-15-8-3-4-9-16(15)18;/h3-10H,11-12H2,1-2H3,(H2,19,20,21);1H. The zero-order chi connectivity index (χ0) is 15.1. The van der Waals surface area contributed by atoms with Crippen LogP contribution in [0.5, 0.6) is 0 Å².